The fraction of sp³-hybridized carbons (Fsp3) is 0.273. The third-order valence-electron chi connectivity index (χ3n) is 1.96. The fourth-order valence-corrected chi connectivity index (χ4v) is 0.998. The molecule has 0 aliphatic carbocycles. The van der Waals surface area contributed by atoms with Gasteiger partial charge in [-0.2, -0.15) is 0 Å². The molecule has 0 amide bonds. The number of aliphatic hydroxyl groups excluding tert-OH is 1. The molecule has 2 heteroatoms. The second-order valence-corrected chi connectivity index (χ2v) is 3.06. The van der Waals surface area contributed by atoms with Crippen molar-refractivity contribution in [2.75, 3.05) is 13.2 Å². The van der Waals surface area contributed by atoms with E-state index >= 15 is 0 Å². The lowest BCUT2D eigenvalue weighted by Crippen LogP contribution is -2.12. The van der Waals surface area contributed by atoms with Gasteiger partial charge >= 0.3 is 0 Å². The van der Waals surface area contributed by atoms with Crippen molar-refractivity contribution in [3.8, 4) is 11.8 Å². The second-order valence-electron chi connectivity index (χ2n) is 3.06. The van der Waals surface area contributed by atoms with Crippen molar-refractivity contribution < 1.29 is 9.84 Å². The van der Waals surface area contributed by atoms with Crippen molar-refractivity contribution in [1.82, 2.24) is 0 Å². The highest BCUT2D eigenvalue weighted by atomic mass is 16.6. The van der Waals surface area contributed by atoms with E-state index < -0.39 is 5.60 Å². The summed E-state index contributed by atoms with van der Waals surface area (Å²) >= 11 is 0. The van der Waals surface area contributed by atoms with Gasteiger partial charge in [-0.3, -0.25) is 0 Å². The first-order chi connectivity index (χ1) is 6.35. The van der Waals surface area contributed by atoms with E-state index in [-0.39, 0.29) is 6.61 Å². The number of epoxide rings is 1. The van der Waals surface area contributed by atoms with Crippen molar-refractivity contribution in [2.24, 2.45) is 0 Å². The maximum Gasteiger partial charge on any atom is 0.175 e. The van der Waals surface area contributed by atoms with Crippen LogP contribution in [0.1, 0.15) is 5.56 Å². The summed E-state index contributed by atoms with van der Waals surface area (Å²) in [4.78, 5) is 0. The molecule has 0 saturated carbocycles. The molecule has 1 saturated heterocycles. The summed E-state index contributed by atoms with van der Waals surface area (Å²) in [5.41, 5.74) is 0.390. The van der Waals surface area contributed by atoms with Crippen molar-refractivity contribution in [1.29, 1.82) is 0 Å². The summed E-state index contributed by atoms with van der Waals surface area (Å²) in [6.07, 6.45) is 0. The highest BCUT2D eigenvalue weighted by Gasteiger charge is 2.42. The molecule has 13 heavy (non-hydrogen) atoms. The van der Waals surface area contributed by atoms with Crippen LogP contribution in [0.5, 0.6) is 0 Å². The molecular formula is C11H10O2. The largest absolute Gasteiger partial charge is 0.392 e. The third kappa shape index (κ3) is 1.89. The Balaban J connectivity index is 2.13. The maximum absolute atomic E-state index is 8.91. The smallest absolute Gasteiger partial charge is 0.175 e. The van der Waals surface area contributed by atoms with Gasteiger partial charge in [0.1, 0.15) is 0 Å². The van der Waals surface area contributed by atoms with Gasteiger partial charge in [0.25, 0.3) is 0 Å². The number of hydrogen-bond acceptors (Lipinski definition) is 2. The zero-order chi connectivity index (χ0) is 9.15. The maximum atomic E-state index is 8.91. The molecule has 1 aliphatic rings. The van der Waals surface area contributed by atoms with Crippen molar-refractivity contribution >= 4 is 0 Å². The molecule has 1 heterocycles. The molecule has 1 aliphatic heterocycles. The minimum atomic E-state index is -0.560. The van der Waals surface area contributed by atoms with Crippen LogP contribution in [-0.4, -0.2) is 23.9 Å². The predicted molar refractivity (Wildman–Crippen MR) is 49.1 cm³/mol. The van der Waals surface area contributed by atoms with Crippen LogP contribution in [0.3, 0.4) is 0 Å². The molecule has 1 aromatic rings. The molecule has 1 fully saturated rings. The first kappa shape index (κ1) is 8.31. The zero-order valence-electron chi connectivity index (χ0n) is 7.16. The summed E-state index contributed by atoms with van der Waals surface area (Å²) < 4.78 is 5.04. The van der Waals surface area contributed by atoms with Gasteiger partial charge in [0.2, 0.25) is 0 Å². The summed E-state index contributed by atoms with van der Waals surface area (Å²) in [5, 5.41) is 8.91. The van der Waals surface area contributed by atoms with Crippen LogP contribution in [0.25, 0.3) is 0 Å². The highest BCUT2D eigenvalue weighted by molar-refractivity contribution is 5.37. The van der Waals surface area contributed by atoms with Gasteiger partial charge in [-0.05, 0) is 12.1 Å². The standard InChI is InChI=1S/C11H10O2/c12-8-11(9-13-11)7-6-10-4-2-1-3-5-10/h1-5,12H,8-9H2/t11-/m0/s1. The topological polar surface area (TPSA) is 32.8 Å². The van der Waals surface area contributed by atoms with Crippen LogP contribution in [0, 0.1) is 11.8 Å². The van der Waals surface area contributed by atoms with E-state index in [1.807, 2.05) is 30.3 Å². The molecule has 0 radical (unpaired) electrons. The van der Waals surface area contributed by atoms with Crippen LogP contribution >= 0.6 is 0 Å². The van der Waals surface area contributed by atoms with Crippen LogP contribution in [-0.2, 0) is 4.74 Å². The molecule has 0 aromatic heterocycles. The van der Waals surface area contributed by atoms with E-state index in [9.17, 15) is 0 Å². The van der Waals surface area contributed by atoms with Gasteiger partial charge < -0.3 is 9.84 Å². The monoisotopic (exact) mass is 174 g/mol. The Kier molecular flexibility index (Phi) is 2.05. The first-order valence-corrected chi connectivity index (χ1v) is 4.18. The van der Waals surface area contributed by atoms with Crippen molar-refractivity contribution in [3.05, 3.63) is 35.9 Å². The van der Waals surface area contributed by atoms with Crippen LogP contribution < -0.4 is 0 Å². The Morgan fingerprint density at radius 1 is 1.38 bits per heavy atom. The van der Waals surface area contributed by atoms with E-state index in [2.05, 4.69) is 11.8 Å². The average Bonchev–Trinajstić information content (AvgIpc) is 2.97. The van der Waals surface area contributed by atoms with Crippen molar-refractivity contribution in [3.63, 3.8) is 0 Å². The van der Waals surface area contributed by atoms with Crippen LogP contribution in [0.4, 0.5) is 0 Å². The molecule has 0 bridgehead atoms. The van der Waals surface area contributed by atoms with Gasteiger partial charge in [0, 0.05) is 5.56 Å². The molecule has 0 spiro atoms. The Morgan fingerprint density at radius 2 is 2.08 bits per heavy atom. The van der Waals surface area contributed by atoms with Gasteiger partial charge in [0.15, 0.2) is 5.60 Å². The number of ether oxygens (including phenoxy) is 1. The Morgan fingerprint density at radius 3 is 2.62 bits per heavy atom. The molecule has 1 atom stereocenters. The lowest BCUT2D eigenvalue weighted by molar-refractivity contribution is 0.209. The fourth-order valence-electron chi connectivity index (χ4n) is 0.998. The van der Waals surface area contributed by atoms with Crippen LogP contribution in [0.2, 0.25) is 0 Å². The molecule has 0 unspecified atom stereocenters. The van der Waals surface area contributed by atoms with Gasteiger partial charge in [-0.1, -0.05) is 30.0 Å². The summed E-state index contributed by atoms with van der Waals surface area (Å²) in [6.45, 7) is 0.524. The summed E-state index contributed by atoms with van der Waals surface area (Å²) in [5.74, 6) is 5.88. The molecule has 2 nitrogen and oxygen atoms in total. The van der Waals surface area contributed by atoms with Crippen molar-refractivity contribution in [2.45, 2.75) is 5.60 Å². The SMILES string of the molecule is OC[C@@]1(C#Cc2ccccc2)CO1. The molecule has 2 rings (SSSR count). The van der Waals surface area contributed by atoms with Crippen LogP contribution in [0.15, 0.2) is 30.3 Å². The van der Waals surface area contributed by atoms with E-state index in [1.54, 1.807) is 0 Å². The van der Waals surface area contributed by atoms with Gasteiger partial charge in [0.05, 0.1) is 13.2 Å². The summed E-state index contributed by atoms with van der Waals surface area (Å²) in [6, 6.07) is 9.67. The highest BCUT2D eigenvalue weighted by Crippen LogP contribution is 2.24. The summed E-state index contributed by atoms with van der Waals surface area (Å²) in [7, 11) is 0. The minimum Gasteiger partial charge on any atom is -0.392 e. The van der Waals surface area contributed by atoms with E-state index in [0.717, 1.165) is 5.56 Å². The molecular weight excluding hydrogens is 164 g/mol. The molecule has 1 N–H and O–H groups in total. The molecule has 1 aromatic carbocycles. The third-order valence-corrected chi connectivity index (χ3v) is 1.96. The van der Waals surface area contributed by atoms with Gasteiger partial charge in [-0.25, -0.2) is 0 Å². The van der Waals surface area contributed by atoms with E-state index in [0.29, 0.717) is 6.61 Å². The number of rotatable bonds is 1. The van der Waals surface area contributed by atoms with E-state index in [1.165, 1.54) is 0 Å². The lowest BCUT2D eigenvalue weighted by atomic mass is 10.1. The quantitative estimate of drug-likeness (QED) is 0.504. The number of hydrogen-bond donors (Lipinski definition) is 1. The lowest BCUT2D eigenvalue weighted by Gasteiger charge is -1.94. The zero-order valence-corrected chi connectivity index (χ0v) is 7.16. The normalized spacial score (nSPS) is 24.7. The number of benzene rings is 1. The Hall–Kier alpha value is -1.30. The Bertz CT molecular complexity index is 341. The Labute approximate surface area is 77.2 Å². The molecule has 66 valence electrons. The van der Waals surface area contributed by atoms with E-state index in [4.69, 9.17) is 9.84 Å². The second kappa shape index (κ2) is 3.21. The average molecular weight is 174 g/mol. The number of aliphatic hydroxyl groups is 1. The minimum absolute atomic E-state index is 0.0210. The van der Waals surface area contributed by atoms with Gasteiger partial charge in [-0.15, -0.1) is 0 Å². The predicted octanol–water partition coefficient (Wildman–Crippen LogP) is 0.799. The first-order valence-electron chi connectivity index (χ1n) is 4.18.